The van der Waals surface area contributed by atoms with Gasteiger partial charge in [-0.05, 0) is 43.3 Å². The topological polar surface area (TPSA) is 95.3 Å². The summed E-state index contributed by atoms with van der Waals surface area (Å²) < 4.78 is 25.5. The molecule has 1 amide bonds. The highest BCUT2D eigenvalue weighted by Gasteiger charge is 2.18. The molecule has 4 rings (SSSR count). The summed E-state index contributed by atoms with van der Waals surface area (Å²) in [6.45, 7) is 1.44. The average molecular weight is 454 g/mol. The van der Waals surface area contributed by atoms with Crippen LogP contribution in [-0.4, -0.2) is 34.9 Å². The van der Waals surface area contributed by atoms with Crippen LogP contribution in [0.2, 0.25) is 0 Å². The van der Waals surface area contributed by atoms with Gasteiger partial charge in [0.25, 0.3) is 5.56 Å². The molecule has 0 fully saturated rings. The maximum Gasteiger partial charge on any atom is 0.294 e. The summed E-state index contributed by atoms with van der Waals surface area (Å²) in [6, 6.07) is 10.7. The van der Waals surface area contributed by atoms with E-state index in [2.05, 4.69) is 15.4 Å². The number of methoxy groups -OCH3 is 2. The zero-order chi connectivity index (χ0) is 22.8. The fraction of sp³-hybridized carbons (Fsp3) is 0.182. The SMILES string of the molecule is COc1ccc(OC)c(NC(=O)Cn2nc(-c3ccc(F)cc3)c3sc(C)nc3c2=O)c1. The molecule has 2 heterocycles. The first-order valence-electron chi connectivity index (χ1n) is 9.55. The van der Waals surface area contributed by atoms with Crippen molar-refractivity contribution in [2.45, 2.75) is 13.5 Å². The van der Waals surface area contributed by atoms with Gasteiger partial charge in [-0.2, -0.15) is 5.10 Å². The van der Waals surface area contributed by atoms with Gasteiger partial charge in [0.05, 0.1) is 29.6 Å². The summed E-state index contributed by atoms with van der Waals surface area (Å²) in [6.07, 6.45) is 0. The molecule has 4 aromatic rings. The summed E-state index contributed by atoms with van der Waals surface area (Å²) in [5.74, 6) is 0.110. The van der Waals surface area contributed by atoms with Crippen LogP contribution in [0.15, 0.2) is 47.3 Å². The molecule has 0 radical (unpaired) electrons. The van der Waals surface area contributed by atoms with Crippen LogP contribution < -0.4 is 20.3 Å². The van der Waals surface area contributed by atoms with E-state index in [9.17, 15) is 14.0 Å². The minimum atomic E-state index is -0.484. The van der Waals surface area contributed by atoms with Crippen molar-refractivity contribution in [3.8, 4) is 22.8 Å². The number of aromatic nitrogens is 3. The molecule has 0 unspecified atom stereocenters. The number of benzene rings is 2. The highest BCUT2D eigenvalue weighted by Crippen LogP contribution is 2.30. The second kappa shape index (κ2) is 8.75. The molecule has 0 bridgehead atoms. The van der Waals surface area contributed by atoms with Crippen molar-refractivity contribution in [1.82, 2.24) is 14.8 Å². The Labute approximate surface area is 186 Å². The molecular formula is C22H19FN4O4S. The Balaban J connectivity index is 1.72. The average Bonchev–Trinajstić information content (AvgIpc) is 3.18. The Morgan fingerprint density at radius 3 is 2.59 bits per heavy atom. The first kappa shape index (κ1) is 21.4. The van der Waals surface area contributed by atoms with E-state index in [0.29, 0.717) is 38.2 Å². The molecule has 2 aromatic carbocycles. The van der Waals surface area contributed by atoms with E-state index >= 15 is 0 Å². The minimum absolute atomic E-state index is 0.216. The Morgan fingerprint density at radius 2 is 1.91 bits per heavy atom. The predicted molar refractivity (Wildman–Crippen MR) is 120 cm³/mol. The van der Waals surface area contributed by atoms with E-state index in [1.807, 2.05) is 0 Å². The van der Waals surface area contributed by atoms with Crippen LogP contribution in [0.25, 0.3) is 21.5 Å². The molecule has 0 saturated carbocycles. The summed E-state index contributed by atoms with van der Waals surface area (Å²) in [5.41, 5.74) is 1.20. The monoisotopic (exact) mass is 454 g/mol. The van der Waals surface area contributed by atoms with Crippen molar-refractivity contribution in [2.24, 2.45) is 0 Å². The summed E-state index contributed by atoms with van der Waals surface area (Å²) in [7, 11) is 3.00. The first-order chi connectivity index (χ1) is 15.4. The molecule has 0 saturated heterocycles. The molecule has 32 heavy (non-hydrogen) atoms. The second-order valence-electron chi connectivity index (χ2n) is 6.84. The van der Waals surface area contributed by atoms with Crippen molar-refractivity contribution < 1.29 is 18.7 Å². The number of hydrogen-bond donors (Lipinski definition) is 1. The third kappa shape index (κ3) is 4.17. The number of nitrogens with one attached hydrogen (secondary N) is 1. The highest BCUT2D eigenvalue weighted by molar-refractivity contribution is 7.19. The highest BCUT2D eigenvalue weighted by atomic mass is 32.1. The number of rotatable bonds is 6. The number of carbonyl (C=O) groups excluding carboxylic acids is 1. The Bertz CT molecular complexity index is 1370. The lowest BCUT2D eigenvalue weighted by molar-refractivity contribution is -0.117. The van der Waals surface area contributed by atoms with Crippen LogP contribution >= 0.6 is 11.3 Å². The quantitative estimate of drug-likeness (QED) is 0.478. The number of aryl methyl sites for hydroxylation is 1. The van der Waals surface area contributed by atoms with E-state index in [0.717, 1.165) is 4.68 Å². The Kier molecular flexibility index (Phi) is 5.87. The molecule has 8 nitrogen and oxygen atoms in total. The fourth-order valence-electron chi connectivity index (χ4n) is 3.21. The van der Waals surface area contributed by atoms with Gasteiger partial charge in [0.2, 0.25) is 5.91 Å². The molecule has 0 spiro atoms. The van der Waals surface area contributed by atoms with Gasteiger partial charge in [0, 0.05) is 11.6 Å². The number of thiazole rings is 1. The number of hydrogen-bond acceptors (Lipinski definition) is 7. The number of anilines is 1. The van der Waals surface area contributed by atoms with Crippen LogP contribution in [0.3, 0.4) is 0 Å². The van der Waals surface area contributed by atoms with E-state index in [-0.39, 0.29) is 17.9 Å². The van der Waals surface area contributed by atoms with Crippen LogP contribution in [0.5, 0.6) is 11.5 Å². The molecule has 1 N–H and O–H groups in total. The van der Waals surface area contributed by atoms with Crippen molar-refractivity contribution in [3.05, 3.63) is 63.6 Å². The third-order valence-electron chi connectivity index (χ3n) is 4.70. The molecule has 0 aliphatic rings. The van der Waals surface area contributed by atoms with Gasteiger partial charge in [0.15, 0.2) is 5.52 Å². The van der Waals surface area contributed by atoms with Gasteiger partial charge in [-0.15, -0.1) is 11.3 Å². The molecule has 2 aromatic heterocycles. The zero-order valence-corrected chi connectivity index (χ0v) is 18.3. The standard InChI is InChI=1S/C22H19FN4O4S/c1-12-24-20-21(32-12)19(13-4-6-14(23)7-5-13)26-27(22(20)29)11-18(28)25-16-10-15(30-2)8-9-17(16)31-3/h4-10H,11H2,1-3H3,(H,25,28). The molecule has 0 aliphatic heterocycles. The minimum Gasteiger partial charge on any atom is -0.497 e. The molecule has 164 valence electrons. The fourth-order valence-corrected chi connectivity index (χ4v) is 4.12. The lowest BCUT2D eigenvalue weighted by atomic mass is 10.1. The number of fused-ring (bicyclic) bond motifs is 1. The van der Waals surface area contributed by atoms with Gasteiger partial charge < -0.3 is 14.8 Å². The van der Waals surface area contributed by atoms with Gasteiger partial charge in [-0.3, -0.25) is 9.59 Å². The normalized spacial score (nSPS) is 10.9. The maximum absolute atomic E-state index is 13.4. The molecule has 10 heteroatoms. The van der Waals surface area contributed by atoms with Crippen molar-refractivity contribution in [3.63, 3.8) is 0 Å². The smallest absolute Gasteiger partial charge is 0.294 e. The van der Waals surface area contributed by atoms with Crippen molar-refractivity contribution in [2.75, 3.05) is 19.5 Å². The van der Waals surface area contributed by atoms with Gasteiger partial charge in [-0.25, -0.2) is 14.1 Å². The van der Waals surface area contributed by atoms with Crippen LogP contribution in [-0.2, 0) is 11.3 Å². The van der Waals surface area contributed by atoms with Crippen LogP contribution in [0.4, 0.5) is 10.1 Å². The van der Waals surface area contributed by atoms with Gasteiger partial charge in [0.1, 0.15) is 29.6 Å². The summed E-state index contributed by atoms with van der Waals surface area (Å²) in [4.78, 5) is 30.0. The second-order valence-corrected chi connectivity index (χ2v) is 8.05. The number of amides is 1. The van der Waals surface area contributed by atoms with E-state index in [1.165, 1.54) is 37.7 Å². The lowest BCUT2D eigenvalue weighted by Gasteiger charge is -2.13. The number of carbonyl (C=O) groups is 1. The van der Waals surface area contributed by atoms with Gasteiger partial charge in [-0.1, -0.05) is 0 Å². The zero-order valence-electron chi connectivity index (χ0n) is 17.5. The Morgan fingerprint density at radius 1 is 1.16 bits per heavy atom. The van der Waals surface area contributed by atoms with Crippen molar-refractivity contribution >= 4 is 33.1 Å². The molecular weight excluding hydrogens is 435 g/mol. The van der Waals surface area contributed by atoms with Gasteiger partial charge >= 0.3 is 0 Å². The van der Waals surface area contributed by atoms with E-state index < -0.39 is 11.5 Å². The maximum atomic E-state index is 13.4. The van der Waals surface area contributed by atoms with E-state index in [1.54, 1.807) is 37.3 Å². The predicted octanol–water partition coefficient (Wildman–Crippen LogP) is 3.62. The number of ether oxygens (including phenoxy) is 2. The molecule has 0 aliphatic carbocycles. The van der Waals surface area contributed by atoms with Crippen LogP contribution in [0.1, 0.15) is 5.01 Å². The van der Waals surface area contributed by atoms with Crippen molar-refractivity contribution in [1.29, 1.82) is 0 Å². The third-order valence-corrected chi connectivity index (χ3v) is 5.68. The van der Waals surface area contributed by atoms with E-state index in [4.69, 9.17) is 9.47 Å². The molecule has 0 atom stereocenters. The largest absolute Gasteiger partial charge is 0.497 e. The number of halogens is 1. The first-order valence-corrected chi connectivity index (χ1v) is 10.4. The van der Waals surface area contributed by atoms with Crippen LogP contribution in [0, 0.1) is 12.7 Å². The lowest BCUT2D eigenvalue weighted by Crippen LogP contribution is -2.30. The Hall–Kier alpha value is -3.79. The summed E-state index contributed by atoms with van der Waals surface area (Å²) >= 11 is 1.32. The number of nitrogens with zero attached hydrogens (tertiary/aromatic N) is 3. The summed E-state index contributed by atoms with van der Waals surface area (Å²) in [5, 5.41) is 7.81.